The van der Waals surface area contributed by atoms with E-state index in [9.17, 15) is 0 Å². The fraction of sp³-hybridized carbons (Fsp3) is 0.867. The van der Waals surface area contributed by atoms with Gasteiger partial charge in [-0.3, -0.25) is 0 Å². The van der Waals surface area contributed by atoms with E-state index >= 15 is 0 Å². The summed E-state index contributed by atoms with van der Waals surface area (Å²) in [6.07, 6.45) is 13.1. The Labute approximate surface area is 107 Å². The van der Waals surface area contributed by atoms with Crippen LogP contribution in [0.5, 0.6) is 0 Å². The van der Waals surface area contributed by atoms with Crippen molar-refractivity contribution in [3.8, 4) is 0 Å². The van der Waals surface area contributed by atoms with E-state index in [4.69, 9.17) is 5.11 Å². The Morgan fingerprint density at radius 2 is 1.47 bits per heavy atom. The second-order valence-electron chi connectivity index (χ2n) is 4.81. The van der Waals surface area contributed by atoms with Gasteiger partial charge in [0.2, 0.25) is 0 Å². The monoisotopic (exact) mass is 242 g/mol. The summed E-state index contributed by atoms with van der Waals surface area (Å²) in [5.74, 6) is 0. The fourth-order valence-electron chi connectivity index (χ4n) is 1.60. The van der Waals surface area contributed by atoms with Gasteiger partial charge in [-0.05, 0) is 25.3 Å². The van der Waals surface area contributed by atoms with Gasteiger partial charge in [0.1, 0.15) is 0 Å². The van der Waals surface area contributed by atoms with Gasteiger partial charge in [-0.2, -0.15) is 0 Å². The third kappa shape index (κ3) is 18.1. The molecule has 102 valence electrons. The molecule has 1 aliphatic rings. The Morgan fingerprint density at radius 3 is 1.88 bits per heavy atom. The van der Waals surface area contributed by atoms with Crippen LogP contribution in [0.2, 0.25) is 0 Å². The Morgan fingerprint density at radius 1 is 1.00 bits per heavy atom. The number of allylic oxidation sites excluding steroid dienone is 1. The summed E-state index contributed by atoms with van der Waals surface area (Å²) in [6.45, 7) is 6.24. The smallest absolute Gasteiger partial charge is 0.0780 e. The maximum atomic E-state index is 8.67. The number of aliphatic hydroxyl groups excluding tert-OH is 1. The highest BCUT2D eigenvalue weighted by atomic mass is 16.6. The first kappa shape index (κ1) is 16.5. The second kappa shape index (κ2) is 13.6. The van der Waals surface area contributed by atoms with E-state index in [0.717, 1.165) is 25.2 Å². The molecular weight excluding hydrogens is 212 g/mol. The fourth-order valence-corrected chi connectivity index (χ4v) is 1.60. The van der Waals surface area contributed by atoms with E-state index < -0.39 is 0 Å². The van der Waals surface area contributed by atoms with Crippen LogP contribution in [0, 0.1) is 0 Å². The average Bonchev–Trinajstić information content (AvgIpc) is 3.20. The largest absolute Gasteiger partial charge is 0.516 e. The van der Waals surface area contributed by atoms with Crippen molar-refractivity contribution in [1.82, 2.24) is 0 Å². The van der Waals surface area contributed by atoms with Crippen LogP contribution in [0.15, 0.2) is 11.8 Å². The SMILES string of the molecule is C1CO1.CCCCCCCCCC/C(C)=C/O. The zero-order valence-corrected chi connectivity index (χ0v) is 11.7. The normalized spacial score (nSPS) is 14.1. The molecule has 17 heavy (non-hydrogen) atoms. The third-order valence-corrected chi connectivity index (χ3v) is 2.85. The summed E-state index contributed by atoms with van der Waals surface area (Å²) < 4.78 is 4.50. The second-order valence-corrected chi connectivity index (χ2v) is 4.81. The quantitative estimate of drug-likeness (QED) is 0.351. The molecule has 1 aliphatic heterocycles. The van der Waals surface area contributed by atoms with E-state index in [1.165, 1.54) is 57.6 Å². The van der Waals surface area contributed by atoms with Gasteiger partial charge in [-0.25, -0.2) is 0 Å². The number of epoxide rings is 1. The Balaban J connectivity index is 0.000000728. The van der Waals surface area contributed by atoms with Crippen LogP contribution in [0.25, 0.3) is 0 Å². The van der Waals surface area contributed by atoms with Crippen LogP contribution in [0.1, 0.15) is 71.6 Å². The standard InChI is InChI=1S/C13H26O.C2H4O/c1-3-4-5-6-7-8-9-10-11-13(2)12-14;1-2-3-1/h12,14H,3-11H2,1-2H3;1-2H2/b13-12+;. The molecule has 1 rings (SSSR count). The summed E-state index contributed by atoms with van der Waals surface area (Å²) in [5.41, 5.74) is 1.11. The highest BCUT2D eigenvalue weighted by Gasteiger charge is 1.94. The molecule has 0 aromatic rings. The highest BCUT2D eigenvalue weighted by molar-refractivity contribution is 4.91. The van der Waals surface area contributed by atoms with Crippen LogP contribution in [0.4, 0.5) is 0 Å². The summed E-state index contributed by atoms with van der Waals surface area (Å²) in [6, 6.07) is 0. The van der Waals surface area contributed by atoms with Crippen molar-refractivity contribution in [2.75, 3.05) is 13.2 Å². The van der Waals surface area contributed by atoms with Crippen molar-refractivity contribution in [3.63, 3.8) is 0 Å². The lowest BCUT2D eigenvalue weighted by molar-refractivity contribution is 0.462. The topological polar surface area (TPSA) is 32.8 Å². The molecule has 1 fully saturated rings. The lowest BCUT2D eigenvalue weighted by Crippen LogP contribution is -1.82. The van der Waals surface area contributed by atoms with Crippen LogP contribution in [0.3, 0.4) is 0 Å². The molecule has 0 unspecified atom stereocenters. The Kier molecular flexibility index (Phi) is 13.2. The van der Waals surface area contributed by atoms with Gasteiger partial charge >= 0.3 is 0 Å². The van der Waals surface area contributed by atoms with Gasteiger partial charge in [-0.15, -0.1) is 0 Å². The van der Waals surface area contributed by atoms with Crippen LogP contribution in [-0.4, -0.2) is 18.3 Å². The minimum absolute atomic E-state index is 1.00. The molecule has 0 amide bonds. The molecule has 0 radical (unpaired) electrons. The molecule has 0 aliphatic carbocycles. The number of hydrogen-bond donors (Lipinski definition) is 1. The number of ether oxygens (including phenoxy) is 1. The highest BCUT2D eigenvalue weighted by Crippen LogP contribution is 2.11. The van der Waals surface area contributed by atoms with Gasteiger partial charge in [0.15, 0.2) is 0 Å². The van der Waals surface area contributed by atoms with Gasteiger partial charge < -0.3 is 9.84 Å². The molecule has 2 heteroatoms. The molecule has 0 aromatic carbocycles. The predicted octanol–water partition coefficient (Wildman–Crippen LogP) is 5.00. The van der Waals surface area contributed by atoms with Crippen molar-refractivity contribution in [2.24, 2.45) is 0 Å². The summed E-state index contributed by atoms with van der Waals surface area (Å²) in [5, 5.41) is 8.67. The molecule has 0 spiro atoms. The zero-order valence-electron chi connectivity index (χ0n) is 11.7. The molecule has 1 N–H and O–H groups in total. The molecule has 0 aromatic heterocycles. The van der Waals surface area contributed by atoms with E-state index in [1.54, 1.807) is 0 Å². The number of hydrogen-bond acceptors (Lipinski definition) is 2. The van der Waals surface area contributed by atoms with E-state index in [2.05, 4.69) is 11.7 Å². The molecule has 0 bridgehead atoms. The molecule has 1 heterocycles. The van der Waals surface area contributed by atoms with Gasteiger partial charge in [0.25, 0.3) is 0 Å². The van der Waals surface area contributed by atoms with Crippen molar-refractivity contribution >= 4 is 0 Å². The first-order chi connectivity index (χ1) is 8.31. The first-order valence-corrected chi connectivity index (χ1v) is 7.18. The van der Waals surface area contributed by atoms with E-state index in [-0.39, 0.29) is 0 Å². The van der Waals surface area contributed by atoms with Crippen LogP contribution < -0.4 is 0 Å². The Hall–Kier alpha value is -0.500. The lowest BCUT2D eigenvalue weighted by atomic mass is 10.1. The lowest BCUT2D eigenvalue weighted by Gasteiger charge is -2.01. The predicted molar refractivity (Wildman–Crippen MR) is 74.4 cm³/mol. The summed E-state index contributed by atoms with van der Waals surface area (Å²) in [7, 11) is 0. The van der Waals surface area contributed by atoms with Gasteiger partial charge in [0, 0.05) is 0 Å². The first-order valence-electron chi connectivity index (χ1n) is 7.18. The average molecular weight is 242 g/mol. The maximum absolute atomic E-state index is 8.67. The molecular formula is C15H30O2. The van der Waals surface area contributed by atoms with Gasteiger partial charge in [0.05, 0.1) is 19.5 Å². The van der Waals surface area contributed by atoms with Crippen molar-refractivity contribution in [1.29, 1.82) is 0 Å². The molecule has 0 atom stereocenters. The number of unbranched alkanes of at least 4 members (excludes halogenated alkanes) is 7. The van der Waals surface area contributed by atoms with E-state index in [0.29, 0.717) is 0 Å². The maximum Gasteiger partial charge on any atom is 0.0780 e. The Bertz CT molecular complexity index is 171. The third-order valence-electron chi connectivity index (χ3n) is 2.85. The summed E-state index contributed by atoms with van der Waals surface area (Å²) in [4.78, 5) is 0. The van der Waals surface area contributed by atoms with Crippen molar-refractivity contribution in [3.05, 3.63) is 11.8 Å². The molecule has 0 saturated carbocycles. The minimum Gasteiger partial charge on any atom is -0.516 e. The van der Waals surface area contributed by atoms with Crippen molar-refractivity contribution < 1.29 is 9.84 Å². The molecule has 2 nitrogen and oxygen atoms in total. The van der Waals surface area contributed by atoms with E-state index in [1.807, 2.05) is 6.92 Å². The molecule has 1 saturated heterocycles. The van der Waals surface area contributed by atoms with Crippen LogP contribution >= 0.6 is 0 Å². The zero-order chi connectivity index (χ0) is 12.8. The number of aliphatic hydroxyl groups is 1. The van der Waals surface area contributed by atoms with Crippen LogP contribution in [-0.2, 0) is 4.74 Å². The van der Waals surface area contributed by atoms with Crippen molar-refractivity contribution in [2.45, 2.75) is 71.6 Å². The summed E-state index contributed by atoms with van der Waals surface area (Å²) >= 11 is 0. The number of rotatable bonds is 9. The minimum atomic E-state index is 1.00. The van der Waals surface area contributed by atoms with Gasteiger partial charge in [-0.1, -0.05) is 51.9 Å².